The topological polar surface area (TPSA) is 17.1 Å². The number of benzene rings is 2. The van der Waals surface area contributed by atoms with Crippen LogP contribution in [0.2, 0.25) is 0 Å². The Morgan fingerprint density at radius 1 is 1.08 bits per heavy atom. The Kier molecular flexibility index (Phi) is 3.67. The van der Waals surface area contributed by atoms with Crippen molar-refractivity contribution in [3.8, 4) is 0 Å². The average molecular weight is 352 g/mol. The summed E-state index contributed by atoms with van der Waals surface area (Å²) in [6.45, 7) is 4.56. The van der Waals surface area contributed by atoms with Gasteiger partial charge in [0.05, 0.1) is 5.66 Å². The first kappa shape index (κ1) is 16.0. The van der Waals surface area contributed by atoms with Crippen molar-refractivity contribution in [2.45, 2.75) is 25.4 Å². The zero-order valence-corrected chi connectivity index (χ0v) is 15.7. The van der Waals surface area contributed by atoms with Crippen LogP contribution in [0.1, 0.15) is 30.9 Å². The van der Waals surface area contributed by atoms with Gasteiger partial charge in [0.15, 0.2) is 0 Å². The quantitative estimate of drug-likeness (QED) is 0.552. The highest BCUT2D eigenvalue weighted by Gasteiger charge is 2.62. The fourth-order valence-electron chi connectivity index (χ4n) is 4.88. The normalized spacial score (nSPS) is 34.6. The molecule has 0 N–H and O–H groups in total. The maximum Gasteiger partial charge on any atom is 0.129 e. The van der Waals surface area contributed by atoms with Crippen molar-refractivity contribution in [3.63, 3.8) is 0 Å². The van der Waals surface area contributed by atoms with Gasteiger partial charge in [-0.3, -0.25) is 0 Å². The van der Waals surface area contributed by atoms with Gasteiger partial charge in [-0.05, 0) is 35.6 Å². The molecule has 0 radical (unpaired) electrons. The fourth-order valence-corrected chi connectivity index (χ4v) is 11.6. The van der Waals surface area contributed by atoms with Crippen LogP contribution in [-0.4, -0.2) is 18.1 Å². The number of rotatable bonds is 3. The molecule has 24 heavy (non-hydrogen) atoms. The highest BCUT2D eigenvalue weighted by atomic mass is 32.4. The van der Waals surface area contributed by atoms with Crippen molar-refractivity contribution in [1.29, 1.82) is 0 Å². The lowest BCUT2D eigenvalue weighted by molar-refractivity contribution is -0.108. The average Bonchev–Trinajstić information content (AvgIpc) is 2.96. The molecule has 2 aromatic carbocycles. The number of carbonyl (C=O) groups is 1. The number of hydrogen-bond donors (Lipinski definition) is 0. The van der Waals surface area contributed by atoms with Crippen molar-refractivity contribution in [3.05, 3.63) is 77.4 Å². The Labute approximate surface area is 148 Å². The number of carbonyl (C=O) groups excluding carboxylic acids is 1. The third kappa shape index (κ3) is 2.00. The van der Waals surface area contributed by atoms with Crippen LogP contribution in [0.4, 0.5) is 0 Å². The van der Waals surface area contributed by atoms with Crippen LogP contribution in [0, 0.1) is 5.41 Å². The Balaban J connectivity index is 1.95. The predicted octanol–water partition coefficient (Wildman–Crippen LogP) is 5.28. The van der Waals surface area contributed by atoms with Crippen molar-refractivity contribution >= 4 is 29.4 Å². The maximum absolute atomic E-state index is 12.2. The highest BCUT2D eigenvalue weighted by Crippen LogP contribution is 2.82. The van der Waals surface area contributed by atoms with E-state index in [1.807, 2.05) is 12.1 Å². The summed E-state index contributed by atoms with van der Waals surface area (Å²) in [6.07, 6.45) is 2.15. The highest BCUT2D eigenvalue weighted by molar-refractivity contribution is 8.20. The minimum absolute atomic E-state index is 0.00632. The molecule has 4 rings (SSSR count). The van der Waals surface area contributed by atoms with E-state index in [9.17, 15) is 4.79 Å². The van der Waals surface area contributed by atoms with Crippen molar-refractivity contribution in [2.75, 3.05) is 6.16 Å². The molecule has 1 nitrogen and oxygen atoms in total. The van der Waals surface area contributed by atoms with E-state index >= 15 is 0 Å². The van der Waals surface area contributed by atoms with Gasteiger partial charge >= 0.3 is 0 Å². The van der Waals surface area contributed by atoms with Crippen molar-refractivity contribution in [2.24, 2.45) is 5.41 Å². The molecule has 2 aliphatic heterocycles. The van der Waals surface area contributed by atoms with Crippen LogP contribution in [0.15, 0.2) is 66.2 Å². The van der Waals surface area contributed by atoms with E-state index in [2.05, 4.69) is 62.4 Å². The van der Waals surface area contributed by atoms with Gasteiger partial charge in [0, 0.05) is 11.3 Å². The molecule has 0 saturated carbocycles. The molecule has 122 valence electrons. The SMILES string of the molecule is CC1=C(c2ccccc2)P2(=S)CC1(C)C(c1ccccc1)C2C=O. The molecule has 0 spiro atoms. The maximum atomic E-state index is 12.2. The van der Waals surface area contributed by atoms with E-state index in [0.717, 1.165) is 6.16 Å². The van der Waals surface area contributed by atoms with Crippen LogP contribution in [0.5, 0.6) is 0 Å². The molecule has 2 bridgehead atoms. The van der Waals surface area contributed by atoms with Crippen LogP contribution in [-0.2, 0) is 16.6 Å². The lowest BCUT2D eigenvalue weighted by atomic mass is 9.68. The minimum Gasteiger partial charge on any atom is -0.303 e. The van der Waals surface area contributed by atoms with E-state index in [4.69, 9.17) is 11.8 Å². The van der Waals surface area contributed by atoms with Gasteiger partial charge in [0.25, 0.3) is 0 Å². The standard InChI is InChI=1S/C21H21OPS/c1-15-20(17-11-7-4-8-12-17)23(24)14-21(15,2)19(18(23)13-22)16-9-5-3-6-10-16/h3-13,18-19H,14H2,1-2H3. The summed E-state index contributed by atoms with van der Waals surface area (Å²) in [5.74, 6) is 0.217. The summed E-state index contributed by atoms with van der Waals surface area (Å²) < 4.78 is 0. The summed E-state index contributed by atoms with van der Waals surface area (Å²) in [6, 6.07) is 19.0. The predicted molar refractivity (Wildman–Crippen MR) is 105 cm³/mol. The zero-order valence-electron chi connectivity index (χ0n) is 14.0. The first-order valence-corrected chi connectivity index (χ1v) is 11.4. The van der Waals surface area contributed by atoms with Gasteiger partial charge in [0.2, 0.25) is 0 Å². The fraction of sp³-hybridized carbons (Fsp3) is 0.286. The Morgan fingerprint density at radius 3 is 2.25 bits per heavy atom. The second kappa shape index (κ2) is 5.51. The molecule has 0 aliphatic carbocycles. The Bertz CT molecular complexity index is 871. The van der Waals surface area contributed by atoms with Gasteiger partial charge in [0.1, 0.15) is 6.29 Å². The summed E-state index contributed by atoms with van der Waals surface area (Å²) >= 11 is 6.28. The van der Waals surface area contributed by atoms with E-state index in [0.29, 0.717) is 0 Å². The summed E-state index contributed by atoms with van der Waals surface area (Å²) in [7, 11) is 0. The molecule has 4 atom stereocenters. The first-order valence-electron chi connectivity index (χ1n) is 8.39. The van der Waals surface area contributed by atoms with Crippen LogP contribution < -0.4 is 0 Å². The Morgan fingerprint density at radius 2 is 1.67 bits per heavy atom. The Hall–Kier alpha value is -1.50. The van der Waals surface area contributed by atoms with Crippen molar-refractivity contribution in [1.82, 2.24) is 0 Å². The monoisotopic (exact) mass is 352 g/mol. The van der Waals surface area contributed by atoms with Gasteiger partial charge in [-0.1, -0.05) is 85.0 Å². The minimum atomic E-state index is -1.92. The first-order chi connectivity index (χ1) is 11.5. The molecule has 4 unspecified atom stereocenters. The van der Waals surface area contributed by atoms with Crippen LogP contribution in [0.3, 0.4) is 0 Å². The molecule has 1 saturated heterocycles. The van der Waals surface area contributed by atoms with E-state index in [1.165, 1.54) is 28.3 Å². The zero-order chi connectivity index (χ0) is 16.9. The summed E-state index contributed by atoms with van der Waals surface area (Å²) in [5, 5.41) is 1.32. The van der Waals surface area contributed by atoms with E-state index in [1.54, 1.807) is 0 Å². The summed E-state index contributed by atoms with van der Waals surface area (Å²) in [5.41, 5.74) is 3.84. The lowest BCUT2D eigenvalue weighted by Crippen LogP contribution is -2.31. The second-order valence-corrected chi connectivity index (χ2v) is 12.1. The molecule has 0 amide bonds. The number of fused-ring (bicyclic) bond motifs is 2. The van der Waals surface area contributed by atoms with Crippen LogP contribution >= 0.6 is 6.04 Å². The number of hydrogen-bond acceptors (Lipinski definition) is 2. The molecule has 2 heterocycles. The molecule has 2 aliphatic rings. The van der Waals surface area contributed by atoms with Gasteiger partial charge in [-0.25, -0.2) is 0 Å². The third-order valence-corrected chi connectivity index (χ3v) is 11.5. The van der Waals surface area contributed by atoms with E-state index in [-0.39, 0.29) is 17.0 Å². The summed E-state index contributed by atoms with van der Waals surface area (Å²) in [4.78, 5) is 12.2. The van der Waals surface area contributed by atoms with Crippen LogP contribution in [0.25, 0.3) is 5.31 Å². The molecular weight excluding hydrogens is 331 g/mol. The molecule has 1 fully saturated rings. The molecule has 0 aromatic heterocycles. The molecule has 3 heteroatoms. The van der Waals surface area contributed by atoms with Gasteiger partial charge < -0.3 is 4.79 Å². The van der Waals surface area contributed by atoms with Crippen molar-refractivity contribution < 1.29 is 4.79 Å². The molecule has 2 aromatic rings. The third-order valence-electron chi connectivity index (χ3n) is 6.01. The lowest BCUT2D eigenvalue weighted by Gasteiger charge is -2.38. The smallest absolute Gasteiger partial charge is 0.129 e. The number of allylic oxidation sites excluding steroid dienone is 1. The van der Waals surface area contributed by atoms with E-state index < -0.39 is 6.04 Å². The molecular formula is C21H21OPS. The van der Waals surface area contributed by atoms with Gasteiger partial charge in [-0.15, -0.1) is 0 Å². The number of aldehydes is 1. The largest absolute Gasteiger partial charge is 0.303 e. The van der Waals surface area contributed by atoms with Gasteiger partial charge in [-0.2, -0.15) is 0 Å². The second-order valence-electron chi connectivity index (χ2n) is 7.23.